The second kappa shape index (κ2) is 8.68. The van der Waals surface area contributed by atoms with Gasteiger partial charge in [-0.05, 0) is 50.4 Å². The molecule has 0 N–H and O–H groups in total. The molecule has 0 amide bonds. The Hall–Kier alpha value is -2.87. The van der Waals surface area contributed by atoms with Crippen molar-refractivity contribution in [3.8, 4) is 22.3 Å². The van der Waals surface area contributed by atoms with Crippen molar-refractivity contribution in [1.82, 2.24) is 10.2 Å². The number of benzene rings is 1. The Labute approximate surface area is 160 Å². The van der Waals surface area contributed by atoms with Crippen LogP contribution < -0.4 is 9.47 Å². The molecule has 0 fully saturated rings. The summed E-state index contributed by atoms with van der Waals surface area (Å²) >= 11 is 1.49. The molecule has 8 heteroatoms. The van der Waals surface area contributed by atoms with Crippen LogP contribution >= 0.6 is 11.3 Å². The number of carbonyl (C=O) groups is 1. The highest BCUT2D eigenvalue weighted by molar-refractivity contribution is 7.13. The quantitative estimate of drug-likeness (QED) is 0.525. The highest BCUT2D eigenvalue weighted by atomic mass is 32.1. The van der Waals surface area contributed by atoms with Crippen LogP contribution in [0.15, 0.2) is 40.1 Å². The number of nitrogens with zero attached hydrogens (tertiary/aromatic N) is 2. The molecule has 142 valence electrons. The molecule has 3 aromatic rings. The third-order valence-corrected chi connectivity index (χ3v) is 4.44. The molecule has 0 bridgehead atoms. The van der Waals surface area contributed by atoms with Crippen molar-refractivity contribution >= 4 is 17.3 Å². The number of rotatable bonds is 8. The van der Waals surface area contributed by atoms with E-state index < -0.39 is 12.1 Å². The maximum Gasteiger partial charge on any atom is 0.339 e. The van der Waals surface area contributed by atoms with Gasteiger partial charge in [0.15, 0.2) is 17.6 Å². The smallest absolute Gasteiger partial charge is 0.339 e. The van der Waals surface area contributed by atoms with E-state index in [2.05, 4.69) is 10.2 Å². The van der Waals surface area contributed by atoms with E-state index in [1.54, 1.807) is 25.1 Å². The standard InChI is InChI=1S/C19H20N2O5S/c1-4-23-14-9-8-13(11-15(14)24-5-2)19(22)25-12(3)17-20-21-18(26-17)16-7-6-10-27-16/h6-12H,4-5H2,1-3H3/t12-/m0/s1. The molecule has 0 radical (unpaired) electrons. The highest BCUT2D eigenvalue weighted by Crippen LogP contribution is 2.30. The van der Waals surface area contributed by atoms with Crippen LogP contribution in [0.2, 0.25) is 0 Å². The van der Waals surface area contributed by atoms with Crippen molar-refractivity contribution in [3.63, 3.8) is 0 Å². The fourth-order valence-electron chi connectivity index (χ4n) is 2.36. The normalized spacial score (nSPS) is 11.8. The SMILES string of the molecule is CCOc1ccc(C(=O)O[C@@H](C)c2nnc(-c3cccs3)o2)cc1OCC. The number of hydrogen-bond acceptors (Lipinski definition) is 8. The first-order chi connectivity index (χ1) is 13.1. The fraction of sp³-hybridized carbons (Fsp3) is 0.316. The maximum atomic E-state index is 12.5. The lowest BCUT2D eigenvalue weighted by molar-refractivity contribution is 0.0279. The van der Waals surface area contributed by atoms with Gasteiger partial charge in [-0.1, -0.05) is 6.07 Å². The molecule has 0 saturated heterocycles. The Morgan fingerprint density at radius 3 is 2.63 bits per heavy atom. The highest BCUT2D eigenvalue weighted by Gasteiger charge is 2.21. The first kappa shape index (κ1) is 18.9. The molecular formula is C19H20N2O5S. The van der Waals surface area contributed by atoms with Crippen LogP contribution in [0.4, 0.5) is 0 Å². The lowest BCUT2D eigenvalue weighted by Crippen LogP contribution is -2.10. The van der Waals surface area contributed by atoms with Crippen LogP contribution in [0.5, 0.6) is 11.5 Å². The van der Waals surface area contributed by atoms with Gasteiger partial charge in [0.25, 0.3) is 11.8 Å². The molecule has 1 aromatic carbocycles. The summed E-state index contributed by atoms with van der Waals surface area (Å²) in [5, 5.41) is 9.89. The summed E-state index contributed by atoms with van der Waals surface area (Å²) in [6.45, 7) is 6.40. The molecule has 1 atom stereocenters. The third kappa shape index (κ3) is 4.46. The van der Waals surface area contributed by atoms with Gasteiger partial charge in [-0.15, -0.1) is 21.5 Å². The van der Waals surface area contributed by atoms with E-state index >= 15 is 0 Å². The summed E-state index contributed by atoms with van der Waals surface area (Å²) in [6, 6.07) is 8.71. The van der Waals surface area contributed by atoms with Crippen molar-refractivity contribution < 1.29 is 23.4 Å². The average molecular weight is 388 g/mol. The Balaban J connectivity index is 1.72. The van der Waals surface area contributed by atoms with Crippen LogP contribution in [-0.4, -0.2) is 29.4 Å². The van der Waals surface area contributed by atoms with Gasteiger partial charge in [0, 0.05) is 0 Å². The van der Waals surface area contributed by atoms with Crippen LogP contribution in [0.3, 0.4) is 0 Å². The molecule has 27 heavy (non-hydrogen) atoms. The lowest BCUT2D eigenvalue weighted by Gasteiger charge is -2.13. The molecule has 2 heterocycles. The van der Waals surface area contributed by atoms with Gasteiger partial charge in [0.2, 0.25) is 0 Å². The van der Waals surface area contributed by atoms with Gasteiger partial charge < -0.3 is 18.6 Å². The molecule has 0 aliphatic rings. The number of thiophene rings is 1. The predicted octanol–water partition coefficient (Wildman–Crippen LogP) is 4.51. The number of aromatic nitrogens is 2. The van der Waals surface area contributed by atoms with Gasteiger partial charge in [-0.2, -0.15) is 0 Å². The summed E-state index contributed by atoms with van der Waals surface area (Å²) < 4.78 is 22.1. The molecule has 3 rings (SSSR count). The van der Waals surface area contributed by atoms with E-state index in [9.17, 15) is 4.79 Å². The van der Waals surface area contributed by atoms with Gasteiger partial charge >= 0.3 is 5.97 Å². The van der Waals surface area contributed by atoms with E-state index in [1.807, 2.05) is 31.4 Å². The predicted molar refractivity (Wildman–Crippen MR) is 100 cm³/mol. The van der Waals surface area contributed by atoms with Gasteiger partial charge in [0.05, 0.1) is 23.7 Å². The van der Waals surface area contributed by atoms with Crippen molar-refractivity contribution in [2.45, 2.75) is 26.9 Å². The number of carbonyl (C=O) groups excluding carboxylic acids is 1. The van der Waals surface area contributed by atoms with Crippen molar-refractivity contribution in [3.05, 3.63) is 47.2 Å². The average Bonchev–Trinajstić information content (AvgIpc) is 3.35. The van der Waals surface area contributed by atoms with E-state index in [4.69, 9.17) is 18.6 Å². The minimum atomic E-state index is -0.680. The van der Waals surface area contributed by atoms with Gasteiger partial charge in [0.1, 0.15) is 0 Å². The molecule has 0 aliphatic carbocycles. The van der Waals surface area contributed by atoms with Crippen LogP contribution in [0.25, 0.3) is 10.8 Å². The zero-order valence-corrected chi connectivity index (χ0v) is 16.1. The van der Waals surface area contributed by atoms with Gasteiger partial charge in [-0.3, -0.25) is 0 Å². The van der Waals surface area contributed by atoms with E-state index in [0.717, 1.165) is 4.88 Å². The summed E-state index contributed by atoms with van der Waals surface area (Å²) in [4.78, 5) is 13.3. The van der Waals surface area contributed by atoms with Crippen LogP contribution in [0.1, 0.15) is 43.1 Å². The first-order valence-corrected chi connectivity index (χ1v) is 9.48. The lowest BCUT2D eigenvalue weighted by atomic mass is 10.2. The summed E-state index contributed by atoms with van der Waals surface area (Å²) in [6.07, 6.45) is -0.680. The zero-order valence-electron chi connectivity index (χ0n) is 15.3. The minimum absolute atomic E-state index is 0.239. The Kier molecular flexibility index (Phi) is 6.08. The number of esters is 1. The maximum absolute atomic E-state index is 12.5. The second-order valence-electron chi connectivity index (χ2n) is 5.50. The van der Waals surface area contributed by atoms with Crippen LogP contribution in [-0.2, 0) is 4.74 Å². The summed E-state index contributed by atoms with van der Waals surface area (Å²) in [5.74, 6) is 1.22. The molecule has 2 aromatic heterocycles. The molecule has 7 nitrogen and oxygen atoms in total. The molecule has 0 aliphatic heterocycles. The molecule has 0 unspecified atom stereocenters. The summed E-state index contributed by atoms with van der Waals surface area (Å²) in [7, 11) is 0. The van der Waals surface area contributed by atoms with Crippen molar-refractivity contribution in [1.29, 1.82) is 0 Å². The van der Waals surface area contributed by atoms with E-state index in [0.29, 0.717) is 36.2 Å². The van der Waals surface area contributed by atoms with Crippen molar-refractivity contribution in [2.75, 3.05) is 13.2 Å². The minimum Gasteiger partial charge on any atom is -0.490 e. The zero-order chi connectivity index (χ0) is 19.2. The van der Waals surface area contributed by atoms with Gasteiger partial charge in [-0.25, -0.2) is 4.79 Å². The Morgan fingerprint density at radius 1 is 1.15 bits per heavy atom. The Morgan fingerprint density at radius 2 is 1.93 bits per heavy atom. The van der Waals surface area contributed by atoms with Crippen LogP contribution in [0, 0.1) is 0 Å². The Bertz CT molecular complexity index is 891. The fourth-order valence-corrected chi connectivity index (χ4v) is 3.00. The number of ether oxygens (including phenoxy) is 3. The van der Waals surface area contributed by atoms with E-state index in [1.165, 1.54) is 11.3 Å². The first-order valence-electron chi connectivity index (χ1n) is 8.60. The largest absolute Gasteiger partial charge is 0.490 e. The van der Waals surface area contributed by atoms with E-state index in [-0.39, 0.29) is 5.89 Å². The third-order valence-electron chi connectivity index (χ3n) is 3.58. The summed E-state index contributed by atoms with van der Waals surface area (Å²) in [5.41, 5.74) is 0.353. The monoisotopic (exact) mass is 388 g/mol. The molecular weight excluding hydrogens is 368 g/mol. The molecule has 0 saturated carbocycles. The van der Waals surface area contributed by atoms with Crippen molar-refractivity contribution in [2.24, 2.45) is 0 Å². The second-order valence-corrected chi connectivity index (χ2v) is 6.45. The number of hydrogen-bond donors (Lipinski definition) is 0. The topological polar surface area (TPSA) is 83.7 Å². The molecule has 0 spiro atoms.